The molecule has 1 saturated heterocycles. The summed E-state index contributed by atoms with van der Waals surface area (Å²) in [4.78, 5) is 79.7. The number of anilines is 2. The molecule has 3 unspecified atom stereocenters. The molecule has 3 aromatic rings. The number of fused-ring (bicyclic) bond motifs is 2. The van der Waals surface area contributed by atoms with Crippen molar-refractivity contribution in [2.24, 2.45) is 0 Å². The second kappa shape index (κ2) is 38.9. The quantitative estimate of drug-likeness (QED) is 0.0127. The number of phosphoric ester groups is 2. The molecule has 13 N–H and O–H groups in total. The van der Waals surface area contributed by atoms with Crippen molar-refractivity contribution in [3.63, 3.8) is 0 Å². The van der Waals surface area contributed by atoms with Gasteiger partial charge in [0.1, 0.15) is 30.7 Å². The van der Waals surface area contributed by atoms with E-state index in [0.29, 0.717) is 66.1 Å². The second-order valence-corrected chi connectivity index (χ2v) is 33.2. The number of unbranched alkanes of at least 4 members (excludes halogenated alkanes) is 2. The Hall–Kier alpha value is -5.67. The number of carbonyl (C=O) groups excluding carboxylic acids is 2. The summed E-state index contributed by atoms with van der Waals surface area (Å²) >= 11 is 0. The molecule has 584 valence electrons. The highest BCUT2D eigenvalue weighted by Crippen LogP contribution is 2.52. The molecule has 104 heavy (non-hydrogen) atoms. The van der Waals surface area contributed by atoms with Crippen LogP contribution in [0, 0.1) is 0 Å². The van der Waals surface area contributed by atoms with Crippen LogP contribution in [0.25, 0.3) is 0 Å². The summed E-state index contributed by atoms with van der Waals surface area (Å²) in [5.41, 5.74) is 6.30. The van der Waals surface area contributed by atoms with Crippen LogP contribution in [0.15, 0.2) is 93.3 Å². The van der Waals surface area contributed by atoms with Crippen molar-refractivity contribution in [3.05, 3.63) is 106 Å². The number of allylic oxidation sites excluding steroid dienone is 6. The summed E-state index contributed by atoms with van der Waals surface area (Å²) in [7, 11) is -27.0. The molecule has 4 heterocycles. The van der Waals surface area contributed by atoms with Crippen molar-refractivity contribution in [1.82, 2.24) is 20.2 Å². The maximum absolute atomic E-state index is 12.8. The molecule has 1 fully saturated rings. The number of hydrogen-bond donors (Lipinski definition) is 12. The fourth-order valence-corrected chi connectivity index (χ4v) is 15.1. The SMILES string of the molecule is COCCN1/C(=C/C=C/C=C/C2=[N+](CCCCCC(=O)NCCOCCOCCOCCOCCC(=O)NCCCc3cn([C@@H]4O[C@H](COP(=O)(O)O)C(OP(=O)(O)O)[C@@H]4O)c(=O)nc3N)c3ccc(S(=O)(=O)O)cc3C2(C)CCCS(=O)(=O)O)C(C)(CCCS(=O)(=O)O)c2cc(S(=O)(=O)O)ccc21. The molecule has 2 aromatic carbocycles. The summed E-state index contributed by atoms with van der Waals surface area (Å²) in [6.45, 7) is 5.54. The smallest absolute Gasteiger partial charge is 0.386 e. The van der Waals surface area contributed by atoms with E-state index < -0.39 is 120 Å². The molecule has 0 saturated carbocycles. The average molecular weight is 1590 g/mol. The average Bonchev–Trinajstić information content (AvgIpc) is 1.58. The largest absolute Gasteiger partial charge is 0.470 e. The maximum atomic E-state index is 12.8. The van der Waals surface area contributed by atoms with Crippen molar-refractivity contribution in [3.8, 4) is 0 Å². The predicted molar refractivity (Wildman–Crippen MR) is 372 cm³/mol. The van der Waals surface area contributed by atoms with Gasteiger partial charge in [-0.2, -0.15) is 43.2 Å². The minimum absolute atomic E-state index is 0.0253. The van der Waals surface area contributed by atoms with E-state index in [-0.39, 0.29) is 152 Å². The van der Waals surface area contributed by atoms with Crippen LogP contribution in [0.2, 0.25) is 0 Å². The molecule has 6 atom stereocenters. The number of carbonyl (C=O) groups is 2. The summed E-state index contributed by atoms with van der Waals surface area (Å²) < 4.78 is 204. The molecular weight excluding hydrogens is 1500 g/mol. The number of nitrogens with zero attached hydrogens (tertiary/aromatic N) is 4. The summed E-state index contributed by atoms with van der Waals surface area (Å²) in [6.07, 6.45) is 4.98. The number of aryl methyl sites for hydroxylation is 1. The number of rotatable bonds is 47. The van der Waals surface area contributed by atoms with Gasteiger partial charge < -0.3 is 74.4 Å². The van der Waals surface area contributed by atoms with Crippen LogP contribution in [-0.2, 0) is 114 Å². The predicted octanol–water partition coefficient (Wildman–Crippen LogP) is 2.16. The third kappa shape index (κ3) is 26.9. The lowest BCUT2D eigenvalue weighted by Gasteiger charge is -2.30. The lowest BCUT2D eigenvalue weighted by Crippen LogP contribution is -2.38. The van der Waals surface area contributed by atoms with Gasteiger partial charge in [0.2, 0.25) is 17.5 Å². The molecule has 0 radical (unpaired) electrons. The van der Waals surface area contributed by atoms with Gasteiger partial charge in [-0.05, 0) is 107 Å². The fourth-order valence-electron chi connectivity index (χ4n) is 12.2. The first-order chi connectivity index (χ1) is 48.7. The Kier molecular flexibility index (Phi) is 32.7. The van der Waals surface area contributed by atoms with Gasteiger partial charge in [0.25, 0.3) is 40.5 Å². The number of ether oxygens (including phenoxy) is 6. The fraction of sp³-hybridized carbons (Fsp3) is 0.590. The molecule has 3 aliphatic rings. The standard InChI is InChI=1S/C61H91N7O30P2S4/c1-60(22-11-37-101(79,80)81)46-39-44(103(85,86)87)17-19-48(46)66(51(60)14-6-4-7-15-52-61(2,23-12-38-102(82,83)84)47-40-45(104(88,89)90)18-20-49(47)67(52)27-30-91-3)26-9-5-8-16-53(69)64-25-29-93-32-34-95-36-35-94-33-31-92-28-21-54(70)63-24-10-13-43-41-68(59(72)65-57(43)62)58-55(71)56(98-100(76,77)78)50(97-58)42-96-99(73,74)75/h4,6-7,14-15,17-20,39-41,50,55-56,58,71H,5,8-13,16,21-38,42H2,1-3H3,(H11-,62,63,64,65,69,70,72,73,74,75,76,77,78,79,80,81,82,83,84,85,86,87,88,89,90)/p+1/t50-,55+,56?,58-,60?,61?/m1/s1. The molecule has 2 amide bonds. The van der Waals surface area contributed by atoms with Gasteiger partial charge in [-0.3, -0.25) is 41.4 Å². The van der Waals surface area contributed by atoms with Crippen LogP contribution in [0.4, 0.5) is 17.2 Å². The lowest BCUT2D eigenvalue weighted by atomic mass is 9.76. The Morgan fingerprint density at radius 3 is 1.88 bits per heavy atom. The van der Waals surface area contributed by atoms with Crippen LogP contribution in [0.5, 0.6) is 0 Å². The molecular formula is C61H92N7O30P2S4+. The zero-order valence-electron chi connectivity index (χ0n) is 57.3. The number of aliphatic hydroxyl groups is 1. The van der Waals surface area contributed by atoms with E-state index in [9.17, 15) is 90.3 Å². The molecule has 43 heteroatoms. The summed E-state index contributed by atoms with van der Waals surface area (Å²) in [6, 6.07) is 8.23. The highest BCUT2D eigenvalue weighted by atomic mass is 32.2. The van der Waals surface area contributed by atoms with Crippen LogP contribution >= 0.6 is 15.6 Å². The molecule has 0 spiro atoms. The summed E-state index contributed by atoms with van der Waals surface area (Å²) in [5.74, 6) is -1.90. The maximum Gasteiger partial charge on any atom is 0.470 e. The molecule has 3 aliphatic heterocycles. The minimum atomic E-state index is -5.29. The number of nitrogens with two attached hydrogens (primary N) is 1. The first-order valence-electron chi connectivity index (χ1n) is 32.8. The van der Waals surface area contributed by atoms with Gasteiger partial charge in [0.15, 0.2) is 11.9 Å². The number of phosphoric acid groups is 2. The van der Waals surface area contributed by atoms with Crippen molar-refractivity contribution in [2.75, 3.05) is 121 Å². The van der Waals surface area contributed by atoms with Crippen LogP contribution in [0.1, 0.15) is 101 Å². The Bertz CT molecular complexity index is 4230. The number of methoxy groups -OCH3 is 1. The van der Waals surface area contributed by atoms with Crippen molar-refractivity contribution < 1.29 is 137 Å². The van der Waals surface area contributed by atoms with Gasteiger partial charge in [0, 0.05) is 92.3 Å². The van der Waals surface area contributed by atoms with E-state index in [2.05, 4.69) is 24.7 Å². The highest BCUT2D eigenvalue weighted by Gasteiger charge is 2.51. The van der Waals surface area contributed by atoms with E-state index in [1.165, 1.54) is 43.6 Å². The number of amides is 2. The number of nitrogen functional groups attached to an aromatic ring is 1. The van der Waals surface area contributed by atoms with Gasteiger partial charge in [-0.15, -0.1) is 0 Å². The molecule has 0 aliphatic carbocycles. The van der Waals surface area contributed by atoms with Crippen LogP contribution in [0.3, 0.4) is 0 Å². The number of hydrogen-bond acceptors (Lipinski definition) is 25. The number of nitrogens with one attached hydrogen (secondary N) is 2. The third-order valence-corrected chi connectivity index (χ3v) is 21.4. The Morgan fingerprint density at radius 2 is 1.28 bits per heavy atom. The Labute approximate surface area is 602 Å². The van der Waals surface area contributed by atoms with E-state index in [1.807, 2.05) is 9.48 Å². The number of aromatic nitrogens is 2. The Morgan fingerprint density at radius 1 is 0.702 bits per heavy atom. The molecule has 37 nitrogen and oxygen atoms in total. The molecule has 6 rings (SSSR count). The topological polar surface area (TPSA) is 552 Å². The van der Waals surface area contributed by atoms with Crippen molar-refractivity contribution >= 4 is 90.8 Å². The van der Waals surface area contributed by atoms with Crippen LogP contribution < -0.4 is 27.0 Å². The van der Waals surface area contributed by atoms with E-state index in [1.54, 1.807) is 50.3 Å². The zero-order chi connectivity index (χ0) is 76.9. The highest BCUT2D eigenvalue weighted by molar-refractivity contribution is 7.86. The van der Waals surface area contributed by atoms with Crippen molar-refractivity contribution in [1.29, 1.82) is 0 Å². The zero-order valence-corrected chi connectivity index (χ0v) is 62.4. The van der Waals surface area contributed by atoms with E-state index in [0.717, 1.165) is 4.57 Å². The normalized spacial score (nSPS) is 20.7. The minimum Gasteiger partial charge on any atom is -0.386 e. The molecule has 0 bridgehead atoms. The first-order valence-corrected chi connectivity index (χ1v) is 41.9. The Balaban J connectivity index is 0.911. The van der Waals surface area contributed by atoms with Crippen molar-refractivity contribution in [2.45, 2.75) is 130 Å². The number of benzene rings is 2. The first kappa shape index (κ1) is 87.2. The third-order valence-electron chi connectivity index (χ3n) is 17.1. The number of aliphatic hydroxyl groups excluding tert-OH is 1. The van der Waals surface area contributed by atoms with Gasteiger partial charge >= 0.3 is 21.3 Å². The van der Waals surface area contributed by atoms with E-state index >= 15 is 0 Å². The monoisotopic (exact) mass is 1590 g/mol. The lowest BCUT2D eigenvalue weighted by molar-refractivity contribution is -0.438. The van der Waals surface area contributed by atoms with Crippen LogP contribution in [-0.4, -0.2) is 237 Å². The van der Waals surface area contributed by atoms with Gasteiger partial charge in [-0.1, -0.05) is 18.2 Å². The van der Waals surface area contributed by atoms with Gasteiger partial charge in [0.05, 0.1) is 92.8 Å². The second-order valence-electron chi connectivity index (χ2n) is 24.8. The van der Waals surface area contributed by atoms with Gasteiger partial charge in [-0.25, -0.2) is 13.9 Å². The summed E-state index contributed by atoms with van der Waals surface area (Å²) in [5, 5.41) is 16.4. The van der Waals surface area contributed by atoms with E-state index in [4.69, 9.17) is 43.9 Å². The molecule has 1 aromatic heterocycles.